The first kappa shape index (κ1) is 18.1. The van der Waals surface area contributed by atoms with Crippen molar-refractivity contribution in [3.05, 3.63) is 47.7 Å². The van der Waals surface area contributed by atoms with Gasteiger partial charge in [-0.1, -0.05) is 51.4 Å². The number of hydrogen-bond acceptors (Lipinski definition) is 2. The van der Waals surface area contributed by atoms with Crippen molar-refractivity contribution in [1.29, 1.82) is 0 Å². The Labute approximate surface area is 137 Å². The zero-order valence-corrected chi connectivity index (χ0v) is 14.5. The molecule has 0 radical (unpaired) electrons. The first-order valence-electron chi connectivity index (χ1n) is 7.55. The number of benzene rings is 1. The number of halogens is 1. The second-order valence-electron chi connectivity index (χ2n) is 3.98. The molecule has 22 heavy (non-hydrogen) atoms. The number of methoxy groups -OCH3 is 1. The van der Waals surface area contributed by atoms with Crippen LogP contribution in [0, 0.1) is 0 Å². The van der Waals surface area contributed by atoms with Gasteiger partial charge in [0.05, 0.1) is 24.5 Å². The van der Waals surface area contributed by atoms with Crippen LogP contribution >= 0.6 is 11.6 Å². The molecule has 0 bridgehead atoms. The summed E-state index contributed by atoms with van der Waals surface area (Å²) < 4.78 is 5.36. The lowest BCUT2D eigenvalue weighted by molar-refractivity contribution is 0.416. The minimum absolute atomic E-state index is 0.494. The van der Waals surface area contributed by atoms with Crippen molar-refractivity contribution in [2.45, 2.75) is 27.7 Å². The highest BCUT2D eigenvalue weighted by Crippen LogP contribution is 2.31. The van der Waals surface area contributed by atoms with Crippen molar-refractivity contribution in [3.8, 4) is 17.0 Å². The van der Waals surface area contributed by atoms with Crippen LogP contribution in [0.1, 0.15) is 27.7 Å². The lowest BCUT2D eigenvalue weighted by atomic mass is 10.1. The third kappa shape index (κ3) is 4.01. The second-order valence-corrected chi connectivity index (χ2v) is 4.36. The van der Waals surface area contributed by atoms with Gasteiger partial charge in [0.15, 0.2) is 0 Å². The van der Waals surface area contributed by atoms with E-state index in [-0.39, 0.29) is 0 Å². The predicted molar refractivity (Wildman–Crippen MR) is 95.8 cm³/mol. The molecule has 2 aromatic heterocycles. The molecule has 0 aliphatic heterocycles. The molecular weight excluding hydrogens is 296 g/mol. The molecule has 0 saturated heterocycles. The van der Waals surface area contributed by atoms with Crippen molar-refractivity contribution >= 4 is 22.5 Å². The zero-order chi connectivity index (χ0) is 16.5. The molecule has 0 aliphatic rings. The Balaban J connectivity index is 0.000000561. The quantitative estimate of drug-likeness (QED) is 0.593. The highest BCUT2D eigenvalue weighted by Gasteiger charge is 2.08. The van der Waals surface area contributed by atoms with Crippen LogP contribution in [-0.2, 0) is 0 Å². The molecule has 0 fully saturated rings. The van der Waals surface area contributed by atoms with Gasteiger partial charge in [0.2, 0.25) is 0 Å². The monoisotopic (exact) mass is 318 g/mol. The first-order chi connectivity index (χ1) is 10.8. The topological polar surface area (TPSA) is 37.9 Å². The Kier molecular flexibility index (Phi) is 7.47. The van der Waals surface area contributed by atoms with E-state index < -0.39 is 0 Å². The molecule has 0 spiro atoms. The summed E-state index contributed by atoms with van der Waals surface area (Å²) in [6.07, 6.45) is 1.73. The minimum atomic E-state index is 0.494. The molecular formula is C18H23ClN2O. The SMILES string of the molecule is CC.CC.COc1ccccc1-c1cc2cc(Cl)ncc2[nH]1. The van der Waals surface area contributed by atoms with Crippen LogP contribution in [-0.4, -0.2) is 17.1 Å². The molecule has 4 heteroatoms. The number of hydrogen-bond donors (Lipinski definition) is 1. The highest BCUT2D eigenvalue weighted by atomic mass is 35.5. The van der Waals surface area contributed by atoms with Gasteiger partial charge in [-0.3, -0.25) is 0 Å². The summed E-state index contributed by atoms with van der Waals surface area (Å²) in [4.78, 5) is 7.37. The van der Waals surface area contributed by atoms with Crippen molar-refractivity contribution in [2.75, 3.05) is 7.11 Å². The van der Waals surface area contributed by atoms with E-state index in [1.165, 1.54) is 0 Å². The van der Waals surface area contributed by atoms with Gasteiger partial charge in [-0.2, -0.15) is 0 Å². The van der Waals surface area contributed by atoms with Gasteiger partial charge in [-0.05, 0) is 24.3 Å². The molecule has 0 atom stereocenters. The van der Waals surface area contributed by atoms with E-state index >= 15 is 0 Å². The Morgan fingerprint density at radius 2 is 1.73 bits per heavy atom. The van der Waals surface area contributed by atoms with Crippen LogP contribution in [0.2, 0.25) is 5.15 Å². The summed E-state index contributed by atoms with van der Waals surface area (Å²) in [6, 6.07) is 11.8. The van der Waals surface area contributed by atoms with Crippen molar-refractivity contribution < 1.29 is 4.74 Å². The lowest BCUT2D eigenvalue weighted by Gasteiger charge is -2.05. The van der Waals surface area contributed by atoms with Crippen molar-refractivity contribution in [1.82, 2.24) is 9.97 Å². The normalized spacial score (nSPS) is 9.36. The number of nitrogens with zero attached hydrogens (tertiary/aromatic N) is 1. The fourth-order valence-corrected chi connectivity index (χ4v) is 2.18. The first-order valence-corrected chi connectivity index (χ1v) is 7.93. The summed E-state index contributed by atoms with van der Waals surface area (Å²) in [5.41, 5.74) is 2.97. The molecule has 3 nitrogen and oxygen atoms in total. The largest absolute Gasteiger partial charge is 0.496 e. The Morgan fingerprint density at radius 1 is 1.05 bits per heavy atom. The average Bonchev–Trinajstić information content (AvgIpc) is 3.01. The average molecular weight is 319 g/mol. The molecule has 3 rings (SSSR count). The summed E-state index contributed by atoms with van der Waals surface area (Å²) in [5, 5.41) is 1.53. The lowest BCUT2D eigenvalue weighted by Crippen LogP contribution is -1.86. The Hall–Kier alpha value is -2.00. The van der Waals surface area contributed by atoms with Gasteiger partial charge in [-0.15, -0.1) is 0 Å². The molecule has 0 aliphatic carbocycles. The van der Waals surface area contributed by atoms with Gasteiger partial charge in [-0.25, -0.2) is 4.98 Å². The molecule has 1 N–H and O–H groups in total. The van der Waals surface area contributed by atoms with E-state index in [9.17, 15) is 0 Å². The van der Waals surface area contributed by atoms with Gasteiger partial charge in [0, 0.05) is 10.9 Å². The maximum atomic E-state index is 5.88. The minimum Gasteiger partial charge on any atom is -0.496 e. The van der Waals surface area contributed by atoms with Crippen LogP contribution in [0.3, 0.4) is 0 Å². The Bertz CT molecular complexity index is 707. The molecule has 0 unspecified atom stereocenters. The van der Waals surface area contributed by atoms with Crippen molar-refractivity contribution in [3.63, 3.8) is 0 Å². The third-order valence-electron chi connectivity index (χ3n) is 2.87. The fourth-order valence-electron chi connectivity index (χ4n) is 2.02. The van der Waals surface area contributed by atoms with Gasteiger partial charge in [0.1, 0.15) is 10.9 Å². The van der Waals surface area contributed by atoms with Crippen LogP contribution in [0.15, 0.2) is 42.6 Å². The van der Waals surface area contributed by atoms with E-state index in [1.54, 1.807) is 13.3 Å². The number of fused-ring (bicyclic) bond motifs is 1. The third-order valence-corrected chi connectivity index (χ3v) is 3.08. The van der Waals surface area contributed by atoms with E-state index in [1.807, 2.05) is 64.1 Å². The van der Waals surface area contributed by atoms with Crippen molar-refractivity contribution in [2.24, 2.45) is 0 Å². The number of pyridine rings is 1. The van der Waals surface area contributed by atoms with E-state index in [2.05, 4.69) is 9.97 Å². The molecule has 118 valence electrons. The summed E-state index contributed by atoms with van der Waals surface area (Å²) >= 11 is 5.88. The number of nitrogens with one attached hydrogen (secondary N) is 1. The molecule has 0 saturated carbocycles. The summed E-state index contributed by atoms with van der Waals surface area (Å²) in [6.45, 7) is 8.00. The van der Waals surface area contributed by atoms with Gasteiger partial charge >= 0.3 is 0 Å². The van der Waals surface area contributed by atoms with Crippen LogP contribution < -0.4 is 4.74 Å². The van der Waals surface area contributed by atoms with E-state index in [0.717, 1.165) is 27.9 Å². The fraction of sp³-hybridized carbons (Fsp3) is 0.278. The van der Waals surface area contributed by atoms with E-state index in [4.69, 9.17) is 16.3 Å². The number of aromatic nitrogens is 2. The second kappa shape index (κ2) is 9.11. The van der Waals surface area contributed by atoms with Crippen LogP contribution in [0.25, 0.3) is 22.2 Å². The molecule has 3 aromatic rings. The van der Waals surface area contributed by atoms with Gasteiger partial charge in [0.25, 0.3) is 0 Å². The molecule has 0 amide bonds. The Morgan fingerprint density at radius 3 is 2.41 bits per heavy atom. The number of rotatable bonds is 2. The number of para-hydroxylation sites is 1. The van der Waals surface area contributed by atoms with Crippen LogP contribution in [0.5, 0.6) is 5.75 Å². The maximum absolute atomic E-state index is 5.88. The molecule has 1 aromatic carbocycles. The zero-order valence-electron chi connectivity index (χ0n) is 13.8. The maximum Gasteiger partial charge on any atom is 0.129 e. The smallest absolute Gasteiger partial charge is 0.129 e. The summed E-state index contributed by atoms with van der Waals surface area (Å²) in [7, 11) is 1.67. The standard InChI is InChI=1S/C14H11ClN2O.2C2H6/c1-18-13-5-3-2-4-10(13)11-6-9-7-14(15)16-8-12(9)17-11;2*1-2/h2-8,17H,1H3;2*1-2H3. The predicted octanol–water partition coefficient (Wildman–Crippen LogP) is 5.94. The summed E-state index contributed by atoms with van der Waals surface area (Å²) in [5.74, 6) is 0.836. The number of H-pyrrole nitrogens is 1. The number of aromatic amines is 1. The van der Waals surface area contributed by atoms with Crippen LogP contribution in [0.4, 0.5) is 0 Å². The van der Waals surface area contributed by atoms with E-state index in [0.29, 0.717) is 5.15 Å². The highest BCUT2D eigenvalue weighted by molar-refractivity contribution is 6.30. The number of ether oxygens (including phenoxy) is 1. The molecule has 2 heterocycles. The van der Waals surface area contributed by atoms with Gasteiger partial charge < -0.3 is 9.72 Å².